The van der Waals surface area contributed by atoms with Crippen molar-refractivity contribution in [3.63, 3.8) is 0 Å². The first-order valence-electron chi connectivity index (χ1n) is 8.38. The van der Waals surface area contributed by atoms with Gasteiger partial charge in [-0.15, -0.1) is 0 Å². The number of piperidine rings is 1. The molecule has 20 heavy (non-hydrogen) atoms. The second kappa shape index (κ2) is 8.43. The van der Waals surface area contributed by atoms with Crippen LogP contribution in [0.2, 0.25) is 0 Å². The van der Waals surface area contributed by atoms with Crippen LogP contribution in [0.4, 0.5) is 0 Å². The van der Waals surface area contributed by atoms with Crippen molar-refractivity contribution in [2.45, 2.75) is 58.0 Å². The van der Waals surface area contributed by atoms with Crippen LogP contribution in [0.3, 0.4) is 0 Å². The van der Waals surface area contributed by atoms with E-state index in [9.17, 15) is 0 Å². The number of benzene rings is 1. The summed E-state index contributed by atoms with van der Waals surface area (Å²) in [6.07, 6.45) is 6.42. The highest BCUT2D eigenvalue weighted by Crippen LogP contribution is 2.29. The molecule has 1 aliphatic heterocycles. The van der Waals surface area contributed by atoms with Gasteiger partial charge in [0, 0.05) is 18.6 Å². The molecule has 2 unspecified atom stereocenters. The number of hydrogen-bond donors (Lipinski definition) is 1. The zero-order valence-electron chi connectivity index (χ0n) is 13.1. The van der Waals surface area contributed by atoms with Crippen LogP contribution in [-0.2, 0) is 0 Å². The minimum absolute atomic E-state index is 0.589. The SMILES string of the molecule is CCCC(c1ccccc1)N(CCC)C1CCCNC1. The largest absolute Gasteiger partial charge is 0.315 e. The fourth-order valence-electron chi connectivity index (χ4n) is 3.44. The van der Waals surface area contributed by atoms with Gasteiger partial charge in [-0.2, -0.15) is 0 Å². The summed E-state index contributed by atoms with van der Waals surface area (Å²) < 4.78 is 0. The van der Waals surface area contributed by atoms with Crippen LogP contribution in [0.5, 0.6) is 0 Å². The van der Waals surface area contributed by atoms with E-state index < -0.39 is 0 Å². The highest BCUT2D eigenvalue weighted by molar-refractivity contribution is 5.19. The molecule has 1 aliphatic rings. The number of rotatable bonds is 7. The number of nitrogens with one attached hydrogen (secondary N) is 1. The second-order valence-corrected chi connectivity index (χ2v) is 5.95. The molecule has 1 fully saturated rings. The summed E-state index contributed by atoms with van der Waals surface area (Å²) in [5, 5.41) is 3.58. The second-order valence-electron chi connectivity index (χ2n) is 5.95. The van der Waals surface area contributed by atoms with Crippen molar-refractivity contribution in [2.75, 3.05) is 19.6 Å². The third kappa shape index (κ3) is 4.07. The van der Waals surface area contributed by atoms with Crippen LogP contribution in [0.1, 0.15) is 57.6 Å². The third-order valence-corrected chi connectivity index (χ3v) is 4.37. The average molecular weight is 274 g/mol. The Morgan fingerprint density at radius 2 is 2.00 bits per heavy atom. The lowest BCUT2D eigenvalue weighted by Crippen LogP contribution is -2.47. The lowest BCUT2D eigenvalue weighted by atomic mass is 9.96. The Labute approximate surface area is 124 Å². The minimum atomic E-state index is 0.589. The molecule has 0 radical (unpaired) electrons. The van der Waals surface area contributed by atoms with E-state index in [0.717, 1.165) is 6.54 Å². The molecule has 0 saturated carbocycles. The van der Waals surface area contributed by atoms with Crippen molar-refractivity contribution in [3.05, 3.63) is 35.9 Å². The number of hydrogen-bond acceptors (Lipinski definition) is 2. The third-order valence-electron chi connectivity index (χ3n) is 4.37. The molecule has 112 valence electrons. The smallest absolute Gasteiger partial charge is 0.0351 e. The Kier molecular flexibility index (Phi) is 6.55. The van der Waals surface area contributed by atoms with E-state index in [1.807, 2.05) is 0 Å². The molecule has 1 aromatic carbocycles. The van der Waals surface area contributed by atoms with Crippen LogP contribution in [0, 0.1) is 0 Å². The summed E-state index contributed by atoms with van der Waals surface area (Å²) in [5.41, 5.74) is 1.49. The minimum Gasteiger partial charge on any atom is -0.315 e. The number of nitrogens with zero attached hydrogens (tertiary/aromatic N) is 1. The predicted molar refractivity (Wildman–Crippen MR) is 87.0 cm³/mol. The first-order chi connectivity index (χ1) is 9.86. The molecule has 1 heterocycles. The monoisotopic (exact) mass is 274 g/mol. The van der Waals surface area contributed by atoms with Gasteiger partial charge in [0.15, 0.2) is 0 Å². The van der Waals surface area contributed by atoms with Gasteiger partial charge in [0.25, 0.3) is 0 Å². The van der Waals surface area contributed by atoms with Crippen LogP contribution in [-0.4, -0.2) is 30.6 Å². The maximum atomic E-state index is 3.58. The molecular formula is C18H30N2. The zero-order chi connectivity index (χ0) is 14.2. The topological polar surface area (TPSA) is 15.3 Å². The van der Waals surface area contributed by atoms with Gasteiger partial charge >= 0.3 is 0 Å². The first-order valence-corrected chi connectivity index (χ1v) is 8.38. The van der Waals surface area contributed by atoms with Gasteiger partial charge < -0.3 is 5.32 Å². The van der Waals surface area contributed by atoms with Crippen molar-refractivity contribution in [1.29, 1.82) is 0 Å². The summed E-state index contributed by atoms with van der Waals surface area (Å²) in [7, 11) is 0. The zero-order valence-corrected chi connectivity index (χ0v) is 13.1. The summed E-state index contributed by atoms with van der Waals surface area (Å²) in [5.74, 6) is 0. The molecule has 2 heteroatoms. The van der Waals surface area contributed by atoms with E-state index in [1.54, 1.807) is 0 Å². The molecule has 1 N–H and O–H groups in total. The first kappa shape index (κ1) is 15.5. The van der Waals surface area contributed by atoms with E-state index >= 15 is 0 Å². The van der Waals surface area contributed by atoms with Crippen molar-refractivity contribution in [2.24, 2.45) is 0 Å². The molecule has 1 saturated heterocycles. The van der Waals surface area contributed by atoms with E-state index in [-0.39, 0.29) is 0 Å². The maximum Gasteiger partial charge on any atom is 0.0351 e. The van der Waals surface area contributed by atoms with E-state index in [1.165, 1.54) is 50.8 Å². The summed E-state index contributed by atoms with van der Waals surface area (Å²) in [6, 6.07) is 12.4. The van der Waals surface area contributed by atoms with Crippen molar-refractivity contribution < 1.29 is 0 Å². The van der Waals surface area contributed by atoms with E-state index in [4.69, 9.17) is 0 Å². The summed E-state index contributed by atoms with van der Waals surface area (Å²) in [4.78, 5) is 2.77. The normalized spacial score (nSPS) is 21.1. The average Bonchev–Trinajstić information content (AvgIpc) is 2.52. The lowest BCUT2D eigenvalue weighted by molar-refractivity contribution is 0.105. The molecule has 1 aromatic rings. The Hall–Kier alpha value is -0.860. The molecule has 0 amide bonds. The summed E-state index contributed by atoms with van der Waals surface area (Å²) in [6.45, 7) is 8.18. The quantitative estimate of drug-likeness (QED) is 0.808. The molecule has 2 nitrogen and oxygen atoms in total. The molecule has 0 aromatic heterocycles. The Morgan fingerprint density at radius 3 is 2.60 bits per heavy atom. The van der Waals surface area contributed by atoms with Gasteiger partial charge in [-0.1, -0.05) is 50.6 Å². The highest BCUT2D eigenvalue weighted by atomic mass is 15.2. The Balaban J connectivity index is 2.17. The van der Waals surface area contributed by atoms with Crippen LogP contribution >= 0.6 is 0 Å². The van der Waals surface area contributed by atoms with Crippen LogP contribution in [0.15, 0.2) is 30.3 Å². The van der Waals surface area contributed by atoms with Crippen LogP contribution < -0.4 is 5.32 Å². The van der Waals surface area contributed by atoms with Gasteiger partial charge in [0.2, 0.25) is 0 Å². The Bertz CT molecular complexity index is 357. The molecule has 2 atom stereocenters. The molecule has 0 aliphatic carbocycles. The standard InChI is InChI=1S/C18H30N2/c1-3-9-18(16-10-6-5-7-11-16)20(14-4-2)17-12-8-13-19-15-17/h5-7,10-11,17-19H,3-4,8-9,12-15H2,1-2H3. The van der Waals surface area contributed by atoms with Crippen molar-refractivity contribution >= 4 is 0 Å². The predicted octanol–water partition coefficient (Wildman–Crippen LogP) is 3.99. The van der Waals surface area contributed by atoms with Gasteiger partial charge in [-0.05, 0) is 44.3 Å². The van der Waals surface area contributed by atoms with Gasteiger partial charge in [-0.25, -0.2) is 0 Å². The van der Waals surface area contributed by atoms with Crippen molar-refractivity contribution in [3.8, 4) is 0 Å². The molecule has 2 rings (SSSR count). The fraction of sp³-hybridized carbons (Fsp3) is 0.667. The molecular weight excluding hydrogens is 244 g/mol. The summed E-state index contributed by atoms with van der Waals surface area (Å²) >= 11 is 0. The van der Waals surface area contributed by atoms with E-state index in [2.05, 4.69) is 54.4 Å². The molecule has 0 spiro atoms. The van der Waals surface area contributed by atoms with Gasteiger partial charge in [0.05, 0.1) is 0 Å². The van der Waals surface area contributed by atoms with Gasteiger partial charge in [-0.3, -0.25) is 4.90 Å². The molecule has 0 bridgehead atoms. The van der Waals surface area contributed by atoms with Gasteiger partial charge in [0.1, 0.15) is 0 Å². The lowest BCUT2D eigenvalue weighted by Gasteiger charge is -2.40. The van der Waals surface area contributed by atoms with Crippen molar-refractivity contribution in [1.82, 2.24) is 10.2 Å². The van der Waals surface area contributed by atoms with Crippen LogP contribution in [0.25, 0.3) is 0 Å². The fourth-order valence-corrected chi connectivity index (χ4v) is 3.44. The maximum absolute atomic E-state index is 3.58. The Morgan fingerprint density at radius 1 is 1.20 bits per heavy atom. The highest BCUT2D eigenvalue weighted by Gasteiger charge is 2.27. The van der Waals surface area contributed by atoms with E-state index in [0.29, 0.717) is 12.1 Å².